The highest BCUT2D eigenvalue weighted by molar-refractivity contribution is 6.05. The number of halogens is 1. The van der Waals surface area contributed by atoms with Crippen molar-refractivity contribution >= 4 is 28.5 Å². The number of aromatic nitrogens is 4. The molecule has 44 heavy (non-hydrogen) atoms. The van der Waals surface area contributed by atoms with Crippen molar-refractivity contribution in [1.29, 1.82) is 0 Å². The standard InChI is InChI=1S/C34H39FN6O3/c1-7-27-24(12-11-20(3)37-27)25-14-22(32(42)40-18-23-16-36-41(8-2)28(23)19-40)15-26-29(35)30(38-31(25)26)21-10-9-13-39(17-21)33(43)44-34(4,5)6/h10-12,14-16,38H,7-9,13,17-19H2,1-6H3. The molecular weight excluding hydrogens is 559 g/mol. The number of benzene rings is 1. The second-order valence-electron chi connectivity index (χ2n) is 12.6. The van der Waals surface area contributed by atoms with E-state index in [0.29, 0.717) is 60.2 Å². The first-order chi connectivity index (χ1) is 21.0. The lowest BCUT2D eigenvalue weighted by atomic mass is 9.96. The molecule has 6 rings (SSSR count). The van der Waals surface area contributed by atoms with Gasteiger partial charge in [-0.15, -0.1) is 0 Å². The number of nitrogens with zero attached hydrogens (tertiary/aromatic N) is 5. The molecule has 0 unspecified atom stereocenters. The number of hydrogen-bond acceptors (Lipinski definition) is 5. The molecule has 0 radical (unpaired) electrons. The van der Waals surface area contributed by atoms with E-state index in [1.165, 1.54) is 0 Å². The van der Waals surface area contributed by atoms with E-state index in [1.54, 1.807) is 15.9 Å². The van der Waals surface area contributed by atoms with Gasteiger partial charge in [0.25, 0.3) is 5.91 Å². The van der Waals surface area contributed by atoms with Gasteiger partial charge in [-0.25, -0.2) is 9.18 Å². The lowest BCUT2D eigenvalue weighted by Crippen LogP contribution is -2.39. The van der Waals surface area contributed by atoms with Gasteiger partial charge < -0.3 is 19.5 Å². The highest BCUT2D eigenvalue weighted by atomic mass is 19.1. The Morgan fingerprint density at radius 1 is 1.07 bits per heavy atom. The highest BCUT2D eigenvalue weighted by Crippen LogP contribution is 2.38. The molecule has 10 heteroatoms. The summed E-state index contributed by atoms with van der Waals surface area (Å²) in [6.45, 7) is 13.8. The molecule has 2 aliphatic rings. The van der Waals surface area contributed by atoms with Crippen molar-refractivity contribution in [3.8, 4) is 11.1 Å². The van der Waals surface area contributed by atoms with Gasteiger partial charge in [-0.1, -0.05) is 19.1 Å². The molecule has 0 saturated heterocycles. The Balaban J connectivity index is 1.43. The van der Waals surface area contributed by atoms with E-state index >= 15 is 4.39 Å². The number of rotatable bonds is 5. The van der Waals surface area contributed by atoms with Gasteiger partial charge in [-0.2, -0.15) is 5.10 Å². The molecule has 0 aliphatic carbocycles. The summed E-state index contributed by atoms with van der Waals surface area (Å²) >= 11 is 0. The molecule has 0 bridgehead atoms. The summed E-state index contributed by atoms with van der Waals surface area (Å²) in [6, 6.07) is 7.43. The number of carbonyl (C=O) groups excluding carboxylic acids is 2. The largest absolute Gasteiger partial charge is 0.444 e. The van der Waals surface area contributed by atoms with Crippen LogP contribution in [0.5, 0.6) is 0 Å². The maximum atomic E-state index is 16.5. The average Bonchev–Trinajstić information content (AvgIpc) is 3.68. The minimum Gasteiger partial charge on any atom is -0.444 e. The average molecular weight is 599 g/mol. The van der Waals surface area contributed by atoms with Crippen LogP contribution in [-0.4, -0.2) is 60.2 Å². The number of fused-ring (bicyclic) bond motifs is 2. The van der Waals surface area contributed by atoms with Gasteiger partial charge in [0.15, 0.2) is 5.82 Å². The predicted molar refractivity (Wildman–Crippen MR) is 167 cm³/mol. The zero-order valence-electron chi connectivity index (χ0n) is 26.3. The third kappa shape index (κ3) is 5.37. The lowest BCUT2D eigenvalue weighted by Gasteiger charge is -2.30. The Morgan fingerprint density at radius 3 is 2.59 bits per heavy atom. The number of hydrogen-bond donors (Lipinski definition) is 1. The van der Waals surface area contributed by atoms with Crippen LogP contribution in [0, 0.1) is 12.7 Å². The topological polar surface area (TPSA) is 96.4 Å². The Labute approximate surface area is 256 Å². The summed E-state index contributed by atoms with van der Waals surface area (Å²) in [5.41, 5.74) is 6.76. The summed E-state index contributed by atoms with van der Waals surface area (Å²) in [5, 5.41) is 4.75. The zero-order valence-corrected chi connectivity index (χ0v) is 26.3. The van der Waals surface area contributed by atoms with Gasteiger partial charge in [0.1, 0.15) is 5.60 Å². The fourth-order valence-electron chi connectivity index (χ4n) is 6.16. The highest BCUT2D eigenvalue weighted by Gasteiger charge is 2.31. The van der Waals surface area contributed by atoms with Gasteiger partial charge in [0, 0.05) is 58.7 Å². The molecule has 9 nitrogen and oxygen atoms in total. The third-order valence-corrected chi connectivity index (χ3v) is 8.28. The van der Waals surface area contributed by atoms with E-state index < -0.39 is 17.5 Å². The van der Waals surface area contributed by atoms with E-state index in [-0.39, 0.29) is 12.5 Å². The first kappa shape index (κ1) is 29.6. The zero-order chi connectivity index (χ0) is 31.3. The van der Waals surface area contributed by atoms with Crippen molar-refractivity contribution in [2.24, 2.45) is 0 Å². The molecule has 0 saturated carbocycles. The monoisotopic (exact) mass is 598 g/mol. The summed E-state index contributed by atoms with van der Waals surface area (Å²) < 4.78 is 24.0. The minimum absolute atomic E-state index is 0.166. The SMILES string of the molecule is CCc1nc(C)ccc1-c1cc(C(=O)N2Cc3cnn(CC)c3C2)cc2c(F)c(C3=CCCN(C(=O)OC(C)(C)C)C3)[nH]c12. The Bertz CT molecular complexity index is 1810. The molecular formula is C34H39FN6O3. The van der Waals surface area contributed by atoms with Crippen molar-refractivity contribution < 1.29 is 18.7 Å². The first-order valence-electron chi connectivity index (χ1n) is 15.3. The number of amides is 2. The molecule has 3 aromatic heterocycles. The first-order valence-corrected chi connectivity index (χ1v) is 15.3. The minimum atomic E-state index is -0.631. The van der Waals surface area contributed by atoms with Gasteiger partial charge in [0.05, 0.1) is 36.2 Å². The summed E-state index contributed by atoms with van der Waals surface area (Å²) in [4.78, 5) is 38.3. The Morgan fingerprint density at radius 2 is 1.86 bits per heavy atom. The number of nitrogens with one attached hydrogen (secondary N) is 1. The quantitative estimate of drug-likeness (QED) is 0.278. The number of pyridine rings is 1. The van der Waals surface area contributed by atoms with E-state index in [4.69, 9.17) is 9.72 Å². The van der Waals surface area contributed by atoms with Crippen molar-refractivity contribution in [2.45, 2.75) is 79.6 Å². The van der Waals surface area contributed by atoms with E-state index in [9.17, 15) is 9.59 Å². The van der Waals surface area contributed by atoms with Crippen LogP contribution in [0.4, 0.5) is 9.18 Å². The third-order valence-electron chi connectivity index (χ3n) is 8.28. The Hall–Kier alpha value is -4.47. The molecule has 0 spiro atoms. The van der Waals surface area contributed by atoms with Crippen molar-refractivity contribution in [3.05, 3.63) is 76.3 Å². The molecule has 4 aromatic rings. The number of aryl methyl sites for hydroxylation is 3. The molecule has 0 atom stereocenters. The molecule has 230 valence electrons. The van der Waals surface area contributed by atoms with Gasteiger partial charge in [0.2, 0.25) is 0 Å². The van der Waals surface area contributed by atoms with Crippen LogP contribution in [0.2, 0.25) is 0 Å². The second kappa shape index (κ2) is 11.2. The van der Waals surface area contributed by atoms with Crippen molar-refractivity contribution in [2.75, 3.05) is 13.1 Å². The fourth-order valence-corrected chi connectivity index (χ4v) is 6.16. The van der Waals surface area contributed by atoms with Gasteiger partial charge >= 0.3 is 6.09 Å². The Kier molecular flexibility index (Phi) is 7.55. The number of H-pyrrole nitrogens is 1. The number of carbonyl (C=O) groups is 2. The molecule has 2 aliphatic heterocycles. The van der Waals surface area contributed by atoms with Crippen LogP contribution < -0.4 is 0 Å². The molecule has 1 aromatic carbocycles. The van der Waals surface area contributed by atoms with E-state index in [1.807, 2.05) is 76.7 Å². The summed E-state index contributed by atoms with van der Waals surface area (Å²) in [5.74, 6) is -0.613. The van der Waals surface area contributed by atoms with Gasteiger partial charge in [-0.05, 0) is 71.2 Å². The number of ether oxygens (including phenoxy) is 1. The van der Waals surface area contributed by atoms with Crippen LogP contribution in [0.1, 0.15) is 79.7 Å². The molecule has 5 heterocycles. The lowest BCUT2D eigenvalue weighted by molar-refractivity contribution is 0.0272. The summed E-state index contributed by atoms with van der Waals surface area (Å²) in [7, 11) is 0. The van der Waals surface area contributed by atoms with Crippen LogP contribution in [0.3, 0.4) is 0 Å². The smallest absolute Gasteiger partial charge is 0.410 e. The molecule has 2 amide bonds. The van der Waals surface area contributed by atoms with E-state index in [0.717, 1.165) is 40.3 Å². The van der Waals surface area contributed by atoms with Crippen LogP contribution in [-0.2, 0) is 30.8 Å². The number of aromatic amines is 1. The molecule has 1 N–H and O–H groups in total. The van der Waals surface area contributed by atoms with Crippen molar-refractivity contribution in [1.82, 2.24) is 29.5 Å². The maximum absolute atomic E-state index is 16.5. The van der Waals surface area contributed by atoms with E-state index in [2.05, 4.69) is 10.1 Å². The normalized spacial score (nSPS) is 15.1. The maximum Gasteiger partial charge on any atom is 0.410 e. The second-order valence-corrected chi connectivity index (χ2v) is 12.6. The van der Waals surface area contributed by atoms with Crippen LogP contribution in [0.15, 0.2) is 36.5 Å². The van der Waals surface area contributed by atoms with Gasteiger partial charge in [-0.3, -0.25) is 14.5 Å². The van der Waals surface area contributed by atoms with Crippen LogP contribution in [0.25, 0.3) is 27.6 Å². The van der Waals surface area contributed by atoms with Crippen molar-refractivity contribution in [3.63, 3.8) is 0 Å². The fraction of sp³-hybridized carbons (Fsp3) is 0.412. The molecule has 0 fully saturated rings. The predicted octanol–water partition coefficient (Wildman–Crippen LogP) is 6.64. The summed E-state index contributed by atoms with van der Waals surface area (Å²) in [6.07, 6.45) is 4.61. The van der Waals surface area contributed by atoms with Crippen LogP contribution >= 0.6 is 0 Å².